The normalized spacial score (nSPS) is 19.4. The number of hydrogen-bond donors (Lipinski definition) is 1. The Labute approximate surface area is 126 Å². The fourth-order valence-corrected chi connectivity index (χ4v) is 4.01. The Balaban J connectivity index is 1.66. The summed E-state index contributed by atoms with van der Waals surface area (Å²) in [7, 11) is 2.05. The molecule has 0 unspecified atom stereocenters. The maximum atomic E-state index is 4.38. The number of rotatable bonds is 4. The summed E-state index contributed by atoms with van der Waals surface area (Å²) in [4.78, 5) is 0. The molecule has 1 atom stereocenters. The van der Waals surface area contributed by atoms with E-state index in [9.17, 15) is 0 Å². The van der Waals surface area contributed by atoms with Crippen molar-refractivity contribution < 1.29 is 0 Å². The van der Waals surface area contributed by atoms with Gasteiger partial charge in [-0.3, -0.25) is 0 Å². The molecule has 0 saturated carbocycles. The van der Waals surface area contributed by atoms with Gasteiger partial charge in [0.15, 0.2) is 5.16 Å². The van der Waals surface area contributed by atoms with E-state index in [1.165, 1.54) is 12.8 Å². The van der Waals surface area contributed by atoms with Gasteiger partial charge in [-0.1, -0.05) is 11.8 Å². The third-order valence-corrected chi connectivity index (χ3v) is 5.48. The summed E-state index contributed by atoms with van der Waals surface area (Å²) in [5.74, 6) is 2.38. The van der Waals surface area contributed by atoms with Crippen LogP contribution in [0.25, 0.3) is 0 Å². The maximum Gasteiger partial charge on any atom is 0.191 e. The first kappa shape index (κ1) is 14.0. The third-order valence-electron chi connectivity index (χ3n) is 3.42. The predicted molar refractivity (Wildman–Crippen MR) is 80.1 cm³/mol. The molecular weight excluding hydrogens is 292 g/mol. The smallest absolute Gasteiger partial charge is 0.191 e. The molecular formula is C12H18N6S2. The quantitative estimate of drug-likeness (QED) is 0.868. The van der Waals surface area contributed by atoms with Gasteiger partial charge in [-0.15, -0.1) is 31.7 Å². The topological polar surface area (TPSA) is 68.5 Å². The van der Waals surface area contributed by atoms with Crippen LogP contribution < -0.4 is 5.32 Å². The highest BCUT2D eigenvalue weighted by atomic mass is 32.2. The lowest BCUT2D eigenvalue weighted by molar-refractivity contribution is 0.436. The highest BCUT2D eigenvalue weighted by Crippen LogP contribution is 2.27. The van der Waals surface area contributed by atoms with Crippen molar-refractivity contribution in [2.24, 2.45) is 7.05 Å². The molecule has 1 saturated heterocycles. The molecule has 0 aliphatic carbocycles. The van der Waals surface area contributed by atoms with Crippen LogP contribution in [0.1, 0.15) is 34.6 Å². The fraction of sp³-hybridized carbons (Fsp3) is 0.667. The first-order valence-electron chi connectivity index (χ1n) is 6.76. The zero-order valence-electron chi connectivity index (χ0n) is 11.7. The van der Waals surface area contributed by atoms with Crippen molar-refractivity contribution >= 4 is 23.1 Å². The highest BCUT2D eigenvalue weighted by molar-refractivity contribution is 7.98. The first-order chi connectivity index (χ1) is 9.74. The van der Waals surface area contributed by atoms with Crippen LogP contribution in [-0.2, 0) is 12.8 Å². The number of aryl methyl sites for hydroxylation is 1. The molecule has 1 aliphatic rings. The second-order valence-corrected chi connectivity index (χ2v) is 7.16. The third kappa shape index (κ3) is 3.02. The number of aromatic nitrogens is 5. The van der Waals surface area contributed by atoms with E-state index in [4.69, 9.17) is 0 Å². The molecule has 0 amide bonds. The van der Waals surface area contributed by atoms with E-state index in [1.54, 1.807) is 23.1 Å². The molecule has 3 rings (SSSR count). The number of nitrogens with one attached hydrogen (secondary N) is 1. The molecule has 3 heterocycles. The first-order valence-corrected chi connectivity index (χ1v) is 8.56. The summed E-state index contributed by atoms with van der Waals surface area (Å²) in [6.07, 6.45) is 2.41. The number of thioether (sulfide) groups is 1. The minimum atomic E-state index is 0.486. The van der Waals surface area contributed by atoms with Crippen molar-refractivity contribution in [3.05, 3.63) is 15.8 Å². The van der Waals surface area contributed by atoms with Crippen LogP contribution in [0.2, 0.25) is 0 Å². The van der Waals surface area contributed by atoms with Crippen LogP contribution in [0.5, 0.6) is 0 Å². The predicted octanol–water partition coefficient (Wildman–Crippen LogP) is 1.73. The fourth-order valence-electron chi connectivity index (χ4n) is 2.40. The van der Waals surface area contributed by atoms with Crippen LogP contribution in [0, 0.1) is 6.92 Å². The van der Waals surface area contributed by atoms with Gasteiger partial charge >= 0.3 is 0 Å². The molecule has 6 nitrogen and oxygen atoms in total. The molecule has 2 aromatic rings. The lowest BCUT2D eigenvalue weighted by atomic mass is 9.99. The standard InChI is InChI=1S/C12H18N6S2/c1-8-14-15-10(20-8)7-19-12-17-16-11(18(12)2)9-4-3-5-13-6-9/h9,13H,3-7H2,1-2H3/t9-/m1/s1. The molecule has 1 aliphatic heterocycles. The van der Waals surface area contributed by atoms with E-state index in [2.05, 4.69) is 37.3 Å². The van der Waals surface area contributed by atoms with Gasteiger partial charge in [0.2, 0.25) is 0 Å². The van der Waals surface area contributed by atoms with Crippen molar-refractivity contribution in [2.45, 2.75) is 36.6 Å². The minimum Gasteiger partial charge on any atom is -0.316 e. The van der Waals surface area contributed by atoms with Gasteiger partial charge in [0.25, 0.3) is 0 Å². The number of nitrogens with zero attached hydrogens (tertiary/aromatic N) is 5. The zero-order chi connectivity index (χ0) is 13.9. The van der Waals surface area contributed by atoms with E-state index in [0.717, 1.165) is 39.8 Å². The largest absolute Gasteiger partial charge is 0.316 e. The van der Waals surface area contributed by atoms with E-state index in [1.807, 2.05) is 6.92 Å². The Morgan fingerprint density at radius 1 is 1.35 bits per heavy atom. The van der Waals surface area contributed by atoms with E-state index >= 15 is 0 Å². The second kappa shape index (κ2) is 6.19. The molecule has 20 heavy (non-hydrogen) atoms. The van der Waals surface area contributed by atoms with E-state index in [0.29, 0.717) is 5.92 Å². The Morgan fingerprint density at radius 2 is 2.25 bits per heavy atom. The molecule has 108 valence electrons. The maximum absolute atomic E-state index is 4.38. The SMILES string of the molecule is Cc1nnc(CSc2nnc([C@@H]3CCCNC3)n2C)s1. The van der Waals surface area contributed by atoms with Crippen LogP contribution in [0.15, 0.2) is 5.16 Å². The van der Waals surface area contributed by atoms with Crippen molar-refractivity contribution in [1.29, 1.82) is 0 Å². The summed E-state index contributed by atoms with van der Waals surface area (Å²) in [5, 5.41) is 23.3. The summed E-state index contributed by atoms with van der Waals surface area (Å²) >= 11 is 3.31. The Morgan fingerprint density at radius 3 is 2.95 bits per heavy atom. The van der Waals surface area contributed by atoms with E-state index in [-0.39, 0.29) is 0 Å². The van der Waals surface area contributed by atoms with Crippen LogP contribution in [0.3, 0.4) is 0 Å². The van der Waals surface area contributed by atoms with Gasteiger partial charge in [0, 0.05) is 19.5 Å². The van der Waals surface area contributed by atoms with Crippen molar-refractivity contribution in [3.63, 3.8) is 0 Å². The molecule has 0 aromatic carbocycles. The van der Waals surface area contributed by atoms with Gasteiger partial charge < -0.3 is 9.88 Å². The monoisotopic (exact) mass is 310 g/mol. The van der Waals surface area contributed by atoms with Crippen LogP contribution in [-0.4, -0.2) is 38.1 Å². The summed E-state index contributed by atoms with van der Waals surface area (Å²) in [6.45, 7) is 4.10. The Bertz CT molecular complexity index is 572. The molecule has 0 radical (unpaired) electrons. The lowest BCUT2D eigenvalue weighted by Crippen LogP contribution is -2.29. The van der Waals surface area contributed by atoms with Gasteiger partial charge in [0.05, 0.1) is 5.75 Å². The Hall–Kier alpha value is -0.990. The van der Waals surface area contributed by atoms with Crippen molar-refractivity contribution in [1.82, 2.24) is 30.3 Å². The van der Waals surface area contributed by atoms with Crippen LogP contribution >= 0.6 is 23.1 Å². The summed E-state index contributed by atoms with van der Waals surface area (Å²) in [6, 6.07) is 0. The average molecular weight is 310 g/mol. The van der Waals surface area contributed by atoms with Gasteiger partial charge in [-0.25, -0.2) is 0 Å². The number of hydrogen-bond acceptors (Lipinski definition) is 7. The minimum absolute atomic E-state index is 0.486. The van der Waals surface area contributed by atoms with Crippen LogP contribution in [0.4, 0.5) is 0 Å². The van der Waals surface area contributed by atoms with E-state index < -0.39 is 0 Å². The molecule has 1 N–H and O–H groups in total. The van der Waals surface area contributed by atoms with Crippen molar-refractivity contribution in [3.8, 4) is 0 Å². The molecule has 8 heteroatoms. The molecule has 2 aromatic heterocycles. The zero-order valence-corrected chi connectivity index (χ0v) is 13.3. The van der Waals surface area contributed by atoms with Gasteiger partial charge in [0.1, 0.15) is 15.8 Å². The lowest BCUT2D eigenvalue weighted by Gasteiger charge is -2.21. The van der Waals surface area contributed by atoms with Crippen molar-refractivity contribution in [2.75, 3.05) is 13.1 Å². The molecule has 0 spiro atoms. The number of piperidine rings is 1. The average Bonchev–Trinajstić information content (AvgIpc) is 3.04. The summed E-state index contributed by atoms with van der Waals surface area (Å²) in [5.41, 5.74) is 0. The summed E-state index contributed by atoms with van der Waals surface area (Å²) < 4.78 is 2.12. The highest BCUT2D eigenvalue weighted by Gasteiger charge is 2.21. The molecule has 1 fully saturated rings. The second-order valence-electron chi connectivity index (χ2n) is 4.95. The van der Waals surface area contributed by atoms with Gasteiger partial charge in [-0.2, -0.15) is 0 Å². The van der Waals surface area contributed by atoms with Gasteiger partial charge in [-0.05, 0) is 26.3 Å². The Kier molecular flexibility index (Phi) is 4.32. The molecule has 0 bridgehead atoms.